The number of rotatable bonds is 12. The van der Waals surface area contributed by atoms with Gasteiger partial charge in [-0.3, -0.25) is 0 Å². The van der Waals surface area contributed by atoms with Crippen molar-refractivity contribution >= 4 is 11.9 Å². The van der Waals surface area contributed by atoms with Gasteiger partial charge in [-0.15, -0.1) is 0 Å². The molecule has 26 heavy (non-hydrogen) atoms. The minimum atomic E-state index is -1.46. The Morgan fingerprint density at radius 1 is 0.808 bits per heavy atom. The topological polar surface area (TPSA) is 80.3 Å². The van der Waals surface area contributed by atoms with Crippen LogP contribution in [0.2, 0.25) is 0 Å². The zero-order valence-electron chi connectivity index (χ0n) is 16.6. The van der Waals surface area contributed by atoms with E-state index in [9.17, 15) is 19.8 Å². The normalized spacial score (nSPS) is 11.3. The number of aromatic carboxylic acids is 2. The summed E-state index contributed by atoms with van der Waals surface area (Å²) in [6, 6.07) is 3.13. The van der Waals surface area contributed by atoms with E-state index in [1.54, 1.807) is 6.07 Å². The van der Waals surface area contributed by atoms with Crippen molar-refractivity contribution in [3.8, 4) is 0 Å². The molecule has 0 aliphatic carbocycles. The summed E-state index contributed by atoms with van der Waals surface area (Å²) in [4.78, 5) is 23.1. The van der Waals surface area contributed by atoms with Crippen LogP contribution in [0.5, 0.6) is 0 Å². The van der Waals surface area contributed by atoms with Crippen molar-refractivity contribution in [1.29, 1.82) is 0 Å². The number of aryl methyl sites for hydroxylation is 1. The second-order valence-electron chi connectivity index (χ2n) is 7.14. The maximum atomic E-state index is 11.7. The van der Waals surface area contributed by atoms with Crippen molar-refractivity contribution in [3.63, 3.8) is 0 Å². The lowest BCUT2D eigenvalue weighted by Crippen LogP contribution is -2.32. The van der Waals surface area contributed by atoms with Gasteiger partial charge in [0.15, 0.2) is 0 Å². The Labute approximate surface area is 157 Å². The Hall–Kier alpha value is -1.84. The van der Waals surface area contributed by atoms with Crippen LogP contribution in [0, 0.1) is 11.8 Å². The maximum absolute atomic E-state index is 11.7. The van der Waals surface area contributed by atoms with Gasteiger partial charge in [-0.05, 0) is 48.6 Å². The second kappa shape index (κ2) is 11.0. The molecule has 0 saturated carbocycles. The summed E-state index contributed by atoms with van der Waals surface area (Å²) in [6.07, 6.45) is 7.38. The second-order valence-corrected chi connectivity index (χ2v) is 7.14. The van der Waals surface area contributed by atoms with Crippen molar-refractivity contribution in [2.75, 3.05) is 0 Å². The molecule has 0 spiro atoms. The van der Waals surface area contributed by atoms with Crippen molar-refractivity contribution < 1.29 is 19.8 Å². The first-order valence-corrected chi connectivity index (χ1v) is 9.96. The molecule has 0 aromatic heterocycles. The van der Waals surface area contributed by atoms with Crippen LogP contribution in [-0.4, -0.2) is 11.9 Å². The van der Waals surface area contributed by atoms with E-state index in [0.29, 0.717) is 23.8 Å². The average Bonchev–Trinajstić information content (AvgIpc) is 2.63. The molecule has 0 amide bonds. The van der Waals surface area contributed by atoms with Gasteiger partial charge < -0.3 is 19.8 Å². The highest BCUT2D eigenvalue weighted by atomic mass is 16.4. The van der Waals surface area contributed by atoms with Crippen molar-refractivity contribution in [1.82, 2.24) is 0 Å². The van der Waals surface area contributed by atoms with Gasteiger partial charge in [-0.25, -0.2) is 0 Å². The molecular formula is C22H32O4-2. The van der Waals surface area contributed by atoms with Gasteiger partial charge in [0, 0.05) is 11.1 Å². The van der Waals surface area contributed by atoms with E-state index < -0.39 is 11.9 Å². The number of carbonyl (C=O) groups excluding carboxylic acids is 2. The summed E-state index contributed by atoms with van der Waals surface area (Å²) < 4.78 is 0. The van der Waals surface area contributed by atoms with Crippen LogP contribution in [-0.2, 0) is 12.8 Å². The highest BCUT2D eigenvalue weighted by molar-refractivity contribution is 6.01. The summed E-state index contributed by atoms with van der Waals surface area (Å²) in [5.74, 6) is -1.79. The molecular weight excluding hydrogens is 328 g/mol. The third-order valence-electron chi connectivity index (χ3n) is 5.77. The van der Waals surface area contributed by atoms with Gasteiger partial charge in [0.05, 0.1) is 11.9 Å². The predicted molar refractivity (Wildman–Crippen MR) is 99.9 cm³/mol. The van der Waals surface area contributed by atoms with E-state index in [-0.39, 0.29) is 11.1 Å². The first-order chi connectivity index (χ1) is 12.4. The van der Waals surface area contributed by atoms with E-state index in [2.05, 4.69) is 27.7 Å². The fraction of sp³-hybridized carbons (Fsp3) is 0.636. The van der Waals surface area contributed by atoms with E-state index in [1.807, 2.05) is 0 Å². The number of hydrogen-bond donors (Lipinski definition) is 0. The summed E-state index contributed by atoms with van der Waals surface area (Å²) >= 11 is 0. The molecule has 1 aromatic rings. The third kappa shape index (κ3) is 5.86. The molecule has 0 atom stereocenters. The molecule has 0 heterocycles. The largest absolute Gasteiger partial charge is 0.545 e. The lowest BCUT2D eigenvalue weighted by atomic mass is 9.85. The third-order valence-corrected chi connectivity index (χ3v) is 5.77. The van der Waals surface area contributed by atoms with Crippen LogP contribution in [0.4, 0.5) is 0 Å². The summed E-state index contributed by atoms with van der Waals surface area (Å²) in [6.45, 7) is 8.57. The lowest BCUT2D eigenvalue weighted by molar-refractivity contribution is -0.259. The van der Waals surface area contributed by atoms with Crippen LogP contribution in [0.3, 0.4) is 0 Å². The van der Waals surface area contributed by atoms with Crippen molar-refractivity contribution in [2.24, 2.45) is 11.8 Å². The van der Waals surface area contributed by atoms with E-state index in [4.69, 9.17) is 0 Å². The zero-order valence-corrected chi connectivity index (χ0v) is 16.6. The monoisotopic (exact) mass is 360 g/mol. The minimum Gasteiger partial charge on any atom is -0.545 e. The number of carboxylic acids is 2. The molecule has 1 rings (SSSR count). The van der Waals surface area contributed by atoms with Gasteiger partial charge in [-0.2, -0.15) is 0 Å². The Morgan fingerprint density at radius 2 is 1.31 bits per heavy atom. The number of carbonyl (C=O) groups is 2. The zero-order chi connectivity index (χ0) is 19.7. The molecule has 0 aliphatic rings. The van der Waals surface area contributed by atoms with Crippen LogP contribution >= 0.6 is 0 Å². The van der Waals surface area contributed by atoms with E-state index in [0.717, 1.165) is 50.5 Å². The molecule has 4 nitrogen and oxygen atoms in total. The number of hydrogen-bond acceptors (Lipinski definition) is 4. The molecule has 0 saturated heterocycles. The van der Waals surface area contributed by atoms with Gasteiger partial charge in [0.2, 0.25) is 0 Å². The Bertz CT molecular complexity index is 598. The van der Waals surface area contributed by atoms with Gasteiger partial charge >= 0.3 is 0 Å². The van der Waals surface area contributed by atoms with Gasteiger partial charge in [-0.1, -0.05) is 65.5 Å². The molecule has 0 N–H and O–H groups in total. The standard InChI is InChI=1S/C22H34O4/c1-5-15(6-2)9-11-17-12-14-19(21(23)24)20(22(25)26)18(17)13-10-16(7-3)8-4/h12,14-16H,5-11,13H2,1-4H3,(H,23,24)(H,25,26)/p-2. The molecule has 0 unspecified atom stereocenters. The van der Waals surface area contributed by atoms with Gasteiger partial charge in [0.1, 0.15) is 0 Å². The highest BCUT2D eigenvalue weighted by Crippen LogP contribution is 2.27. The quantitative estimate of drug-likeness (QED) is 0.573. The summed E-state index contributed by atoms with van der Waals surface area (Å²) in [5.41, 5.74) is 1.12. The van der Waals surface area contributed by atoms with Crippen molar-refractivity contribution in [3.05, 3.63) is 34.4 Å². The smallest absolute Gasteiger partial charge is 0.0724 e. The first kappa shape index (κ1) is 22.2. The van der Waals surface area contributed by atoms with Crippen molar-refractivity contribution in [2.45, 2.75) is 79.1 Å². The molecule has 146 valence electrons. The molecule has 0 aliphatic heterocycles. The highest BCUT2D eigenvalue weighted by Gasteiger charge is 2.17. The van der Waals surface area contributed by atoms with Crippen LogP contribution in [0.25, 0.3) is 0 Å². The fourth-order valence-electron chi connectivity index (χ4n) is 3.72. The predicted octanol–water partition coefficient (Wildman–Crippen LogP) is 3.15. The van der Waals surface area contributed by atoms with E-state index in [1.165, 1.54) is 6.07 Å². The molecule has 0 radical (unpaired) electrons. The number of benzene rings is 1. The Morgan fingerprint density at radius 3 is 1.73 bits per heavy atom. The van der Waals surface area contributed by atoms with Gasteiger partial charge in [0.25, 0.3) is 0 Å². The Balaban J connectivity index is 3.27. The maximum Gasteiger partial charge on any atom is 0.0724 e. The Kier molecular flexibility index (Phi) is 9.39. The molecule has 1 aromatic carbocycles. The minimum absolute atomic E-state index is 0.182. The number of carboxylic acid groups (broad SMARTS) is 2. The summed E-state index contributed by atoms with van der Waals surface area (Å²) in [7, 11) is 0. The molecule has 0 bridgehead atoms. The average molecular weight is 360 g/mol. The van der Waals surface area contributed by atoms with Crippen LogP contribution in [0.1, 0.15) is 98.1 Å². The lowest BCUT2D eigenvalue weighted by Gasteiger charge is -2.22. The van der Waals surface area contributed by atoms with Crippen LogP contribution < -0.4 is 10.2 Å². The SMILES string of the molecule is CCC(CC)CCc1ccc(C(=O)[O-])c(C(=O)[O-])c1CCC(CC)CC. The first-order valence-electron chi connectivity index (χ1n) is 9.96. The van der Waals surface area contributed by atoms with E-state index >= 15 is 0 Å². The molecule has 0 fully saturated rings. The summed E-state index contributed by atoms with van der Waals surface area (Å²) in [5, 5.41) is 23.1. The molecule has 4 heteroatoms. The fourth-order valence-corrected chi connectivity index (χ4v) is 3.72. The van der Waals surface area contributed by atoms with Crippen LogP contribution in [0.15, 0.2) is 12.1 Å².